The van der Waals surface area contributed by atoms with Gasteiger partial charge in [0.25, 0.3) is 0 Å². The molecule has 1 aliphatic carbocycles. The van der Waals surface area contributed by atoms with Crippen LogP contribution < -0.4 is 10.6 Å². The molecule has 0 bridgehead atoms. The molecular weight excluding hydrogens is 308 g/mol. The van der Waals surface area contributed by atoms with Gasteiger partial charge in [-0.2, -0.15) is 0 Å². The number of aliphatic imine (C=N–C) groups is 1. The summed E-state index contributed by atoms with van der Waals surface area (Å²) in [5.74, 6) is 1.42. The second kappa shape index (κ2) is 8.70. The van der Waals surface area contributed by atoms with Crippen molar-refractivity contribution in [1.82, 2.24) is 15.5 Å². The maximum atomic E-state index is 4.86. The minimum absolute atomic E-state index is 0.437. The van der Waals surface area contributed by atoms with Crippen molar-refractivity contribution in [1.29, 1.82) is 0 Å². The molecule has 4 nitrogen and oxygen atoms in total. The van der Waals surface area contributed by atoms with Gasteiger partial charge in [0.2, 0.25) is 0 Å². The topological polar surface area (TPSA) is 39.7 Å². The largest absolute Gasteiger partial charge is 0.357 e. The summed E-state index contributed by atoms with van der Waals surface area (Å²) in [6.45, 7) is 10.8. The van der Waals surface area contributed by atoms with Gasteiger partial charge in [-0.1, -0.05) is 36.8 Å². The van der Waals surface area contributed by atoms with Gasteiger partial charge in [0.1, 0.15) is 0 Å². The van der Waals surface area contributed by atoms with E-state index in [1.54, 1.807) is 0 Å². The maximum Gasteiger partial charge on any atom is 0.191 e. The van der Waals surface area contributed by atoms with Crippen molar-refractivity contribution >= 4 is 5.96 Å². The van der Waals surface area contributed by atoms with Gasteiger partial charge >= 0.3 is 0 Å². The third-order valence-electron chi connectivity index (χ3n) is 5.41. The molecule has 3 rings (SSSR count). The monoisotopic (exact) mass is 342 g/mol. The van der Waals surface area contributed by atoms with Gasteiger partial charge in [-0.05, 0) is 45.1 Å². The summed E-state index contributed by atoms with van der Waals surface area (Å²) in [5, 5.41) is 7.09. The molecule has 1 aromatic rings. The number of guanidine groups is 1. The van der Waals surface area contributed by atoms with Crippen molar-refractivity contribution in [2.45, 2.75) is 64.5 Å². The van der Waals surface area contributed by atoms with E-state index in [4.69, 9.17) is 4.99 Å². The van der Waals surface area contributed by atoms with Gasteiger partial charge < -0.3 is 15.5 Å². The highest BCUT2D eigenvalue weighted by atomic mass is 15.2. The van der Waals surface area contributed by atoms with Crippen molar-refractivity contribution in [3.05, 3.63) is 35.4 Å². The Morgan fingerprint density at radius 2 is 2.00 bits per heavy atom. The summed E-state index contributed by atoms with van der Waals surface area (Å²) in [6, 6.07) is 10.2. The molecule has 0 spiro atoms. The summed E-state index contributed by atoms with van der Waals surface area (Å²) in [7, 11) is 0. The first kappa shape index (κ1) is 18.2. The molecular formula is C21H34N4. The van der Waals surface area contributed by atoms with Gasteiger partial charge in [-0.15, -0.1) is 0 Å². The van der Waals surface area contributed by atoms with Gasteiger partial charge in [0.05, 0.1) is 0 Å². The van der Waals surface area contributed by atoms with Crippen LogP contribution >= 0.6 is 0 Å². The quantitative estimate of drug-likeness (QED) is 0.616. The Hall–Kier alpha value is -1.55. The van der Waals surface area contributed by atoms with E-state index in [0.717, 1.165) is 25.1 Å². The zero-order valence-electron chi connectivity index (χ0n) is 16.1. The number of benzene rings is 1. The number of rotatable bonds is 6. The highest BCUT2D eigenvalue weighted by Crippen LogP contribution is 2.29. The molecule has 1 atom stereocenters. The third kappa shape index (κ3) is 5.46. The molecule has 1 saturated carbocycles. The zero-order valence-corrected chi connectivity index (χ0v) is 16.1. The average molecular weight is 343 g/mol. The highest BCUT2D eigenvalue weighted by Gasteiger charge is 2.31. The van der Waals surface area contributed by atoms with Crippen LogP contribution in [-0.2, 0) is 0 Å². The molecule has 1 unspecified atom stereocenters. The Balaban J connectivity index is 1.52. The van der Waals surface area contributed by atoms with Crippen molar-refractivity contribution < 1.29 is 0 Å². The van der Waals surface area contributed by atoms with Crippen LogP contribution in [0, 0.1) is 6.92 Å². The van der Waals surface area contributed by atoms with Crippen molar-refractivity contribution in [3.63, 3.8) is 0 Å². The molecule has 1 aromatic carbocycles. The maximum absolute atomic E-state index is 4.86. The van der Waals surface area contributed by atoms with E-state index < -0.39 is 0 Å². The Morgan fingerprint density at radius 1 is 1.24 bits per heavy atom. The molecule has 25 heavy (non-hydrogen) atoms. The molecule has 2 N–H and O–H groups in total. The lowest BCUT2D eigenvalue weighted by Gasteiger charge is -2.33. The summed E-state index contributed by atoms with van der Waals surface area (Å²) in [6.07, 6.45) is 5.29. The van der Waals surface area contributed by atoms with Crippen LogP contribution in [0.2, 0.25) is 0 Å². The molecule has 1 heterocycles. The molecule has 4 heteroatoms. The standard InChI is InChI=1S/C21H34N4/c1-4-22-21(23-15-17(3)18-7-5-6-16(2)14-18)24-19-10-12-25(13-11-19)20-8-9-20/h5-7,14,17,19-20H,4,8-13,15H2,1-3H3,(H2,22,23,24). The molecule has 0 radical (unpaired) electrons. The molecule has 1 saturated heterocycles. The van der Waals surface area contributed by atoms with E-state index in [1.165, 1.54) is 49.9 Å². The van der Waals surface area contributed by atoms with E-state index >= 15 is 0 Å². The van der Waals surface area contributed by atoms with Crippen LogP contribution in [0.5, 0.6) is 0 Å². The average Bonchev–Trinajstić information content (AvgIpc) is 3.45. The molecule has 2 fully saturated rings. The van der Waals surface area contributed by atoms with Crippen molar-refractivity contribution in [3.8, 4) is 0 Å². The zero-order chi connectivity index (χ0) is 17.6. The van der Waals surface area contributed by atoms with E-state index in [1.807, 2.05) is 0 Å². The highest BCUT2D eigenvalue weighted by molar-refractivity contribution is 5.80. The number of hydrogen-bond acceptors (Lipinski definition) is 2. The number of aryl methyl sites for hydroxylation is 1. The Morgan fingerprint density at radius 3 is 2.64 bits per heavy atom. The van der Waals surface area contributed by atoms with E-state index in [0.29, 0.717) is 12.0 Å². The first-order valence-corrected chi connectivity index (χ1v) is 10.0. The van der Waals surface area contributed by atoms with Crippen LogP contribution in [-0.4, -0.2) is 49.1 Å². The molecule has 0 amide bonds. The Labute approximate surface area is 153 Å². The van der Waals surface area contributed by atoms with Crippen molar-refractivity contribution in [2.75, 3.05) is 26.2 Å². The van der Waals surface area contributed by atoms with E-state index in [9.17, 15) is 0 Å². The molecule has 138 valence electrons. The Kier molecular flexibility index (Phi) is 6.35. The van der Waals surface area contributed by atoms with Crippen LogP contribution in [0.4, 0.5) is 0 Å². The van der Waals surface area contributed by atoms with Crippen molar-refractivity contribution in [2.24, 2.45) is 4.99 Å². The third-order valence-corrected chi connectivity index (χ3v) is 5.41. The molecule has 1 aliphatic heterocycles. The molecule has 0 aromatic heterocycles. The SMILES string of the molecule is CCNC(=NCC(C)c1cccc(C)c1)NC1CCN(C2CC2)CC1. The summed E-state index contributed by atoms with van der Waals surface area (Å²) in [4.78, 5) is 7.53. The smallest absolute Gasteiger partial charge is 0.191 e. The predicted molar refractivity (Wildman–Crippen MR) is 106 cm³/mol. The van der Waals surface area contributed by atoms with Crippen LogP contribution in [0.3, 0.4) is 0 Å². The fraction of sp³-hybridized carbons (Fsp3) is 0.667. The second-order valence-corrected chi connectivity index (χ2v) is 7.72. The van der Waals surface area contributed by atoms with Gasteiger partial charge in [0.15, 0.2) is 5.96 Å². The first-order chi connectivity index (χ1) is 12.2. The van der Waals surface area contributed by atoms with Gasteiger partial charge in [-0.3, -0.25) is 4.99 Å². The number of likely N-dealkylation sites (tertiary alicyclic amines) is 1. The van der Waals surface area contributed by atoms with Crippen LogP contribution in [0.15, 0.2) is 29.3 Å². The second-order valence-electron chi connectivity index (χ2n) is 7.72. The summed E-state index contributed by atoms with van der Waals surface area (Å²) in [5.41, 5.74) is 2.69. The lowest BCUT2D eigenvalue weighted by Crippen LogP contribution is -2.49. The number of hydrogen-bond donors (Lipinski definition) is 2. The lowest BCUT2D eigenvalue weighted by molar-refractivity contribution is 0.197. The van der Waals surface area contributed by atoms with Crippen LogP contribution in [0.1, 0.15) is 56.6 Å². The van der Waals surface area contributed by atoms with Crippen LogP contribution in [0.25, 0.3) is 0 Å². The number of nitrogens with one attached hydrogen (secondary N) is 2. The lowest BCUT2D eigenvalue weighted by atomic mass is 10.00. The first-order valence-electron chi connectivity index (χ1n) is 10.0. The predicted octanol–water partition coefficient (Wildman–Crippen LogP) is 3.28. The minimum atomic E-state index is 0.437. The van der Waals surface area contributed by atoms with E-state index in [2.05, 4.69) is 60.6 Å². The fourth-order valence-corrected chi connectivity index (χ4v) is 3.67. The van der Waals surface area contributed by atoms with Gasteiger partial charge in [-0.25, -0.2) is 0 Å². The van der Waals surface area contributed by atoms with E-state index in [-0.39, 0.29) is 0 Å². The number of piperidine rings is 1. The van der Waals surface area contributed by atoms with Gasteiger partial charge in [0, 0.05) is 44.2 Å². The normalized spacial score (nSPS) is 21.2. The number of nitrogens with zero attached hydrogens (tertiary/aromatic N) is 2. The fourth-order valence-electron chi connectivity index (χ4n) is 3.67. The summed E-state index contributed by atoms with van der Waals surface area (Å²) >= 11 is 0. The minimum Gasteiger partial charge on any atom is -0.357 e. The Bertz CT molecular complexity index is 571. The molecule has 2 aliphatic rings. The summed E-state index contributed by atoms with van der Waals surface area (Å²) < 4.78 is 0.